The smallest absolute Gasteiger partial charge is 0.246 e. The first-order valence-electron chi connectivity index (χ1n) is 13.3. The Morgan fingerprint density at radius 3 is 1.52 bits per heavy atom. The Morgan fingerprint density at radius 2 is 1.03 bits per heavy atom. The summed E-state index contributed by atoms with van der Waals surface area (Å²) in [4.78, 5) is 14.3. The van der Waals surface area contributed by atoms with Gasteiger partial charge in [-0.05, 0) is 31.8 Å². The van der Waals surface area contributed by atoms with Crippen molar-refractivity contribution in [3.8, 4) is 0 Å². The highest BCUT2D eigenvalue weighted by molar-refractivity contribution is 5.87. The summed E-state index contributed by atoms with van der Waals surface area (Å²) in [5.41, 5.74) is 0. The van der Waals surface area contributed by atoms with Crippen LogP contribution in [0.1, 0.15) is 142 Å². The van der Waals surface area contributed by atoms with Gasteiger partial charge in [-0.2, -0.15) is 0 Å². The van der Waals surface area contributed by atoms with Crippen LogP contribution in [-0.2, 0) is 4.79 Å². The number of carbonyl (C=O) groups is 1. The Kier molecular flexibility index (Phi) is 18.5. The monoisotopic (exact) mass is 405 g/mol. The minimum absolute atomic E-state index is 0.243. The average molecular weight is 406 g/mol. The van der Waals surface area contributed by atoms with Crippen molar-refractivity contribution in [3.05, 3.63) is 12.2 Å². The predicted octanol–water partition coefficient (Wildman–Crippen LogP) is 8.60. The molecule has 0 aromatic heterocycles. The van der Waals surface area contributed by atoms with Crippen molar-refractivity contribution in [3.63, 3.8) is 0 Å². The molecule has 1 fully saturated rings. The molecule has 0 unspecified atom stereocenters. The van der Waals surface area contributed by atoms with E-state index in [0.29, 0.717) is 0 Å². The van der Waals surface area contributed by atoms with Gasteiger partial charge in [0.2, 0.25) is 5.91 Å². The summed E-state index contributed by atoms with van der Waals surface area (Å²) in [6.45, 7) is 4.21. The third-order valence-electron chi connectivity index (χ3n) is 6.40. The van der Waals surface area contributed by atoms with Crippen molar-refractivity contribution >= 4 is 5.91 Å². The number of rotatable bonds is 17. The number of hydrogen-bond acceptors (Lipinski definition) is 1. The van der Waals surface area contributed by atoms with E-state index < -0.39 is 0 Å². The molecular formula is C27H51NO. The zero-order valence-corrected chi connectivity index (χ0v) is 19.8. The van der Waals surface area contributed by atoms with Crippen LogP contribution in [0.25, 0.3) is 0 Å². The van der Waals surface area contributed by atoms with Gasteiger partial charge in [-0.15, -0.1) is 0 Å². The van der Waals surface area contributed by atoms with Gasteiger partial charge in [0.15, 0.2) is 0 Å². The van der Waals surface area contributed by atoms with Crippen LogP contribution in [0.4, 0.5) is 0 Å². The van der Waals surface area contributed by atoms with E-state index in [-0.39, 0.29) is 5.91 Å². The summed E-state index contributed by atoms with van der Waals surface area (Å²) in [5, 5.41) is 0. The minimum atomic E-state index is 0.243. The van der Waals surface area contributed by atoms with Crippen molar-refractivity contribution < 1.29 is 4.79 Å². The van der Waals surface area contributed by atoms with E-state index in [1.165, 1.54) is 128 Å². The fourth-order valence-corrected chi connectivity index (χ4v) is 4.39. The summed E-state index contributed by atoms with van der Waals surface area (Å²) < 4.78 is 0. The number of unbranched alkanes of at least 4 members (excludes halogenated alkanes) is 15. The molecule has 1 aliphatic heterocycles. The van der Waals surface area contributed by atoms with Crippen LogP contribution in [0.15, 0.2) is 12.2 Å². The van der Waals surface area contributed by atoms with Crippen LogP contribution >= 0.6 is 0 Å². The van der Waals surface area contributed by atoms with Gasteiger partial charge in [-0.25, -0.2) is 0 Å². The van der Waals surface area contributed by atoms with Gasteiger partial charge in [0.1, 0.15) is 0 Å². The largest absolute Gasteiger partial charge is 0.339 e. The average Bonchev–Trinajstić information content (AvgIpc) is 2.70. The van der Waals surface area contributed by atoms with Gasteiger partial charge >= 0.3 is 0 Å². The van der Waals surface area contributed by atoms with E-state index in [1.807, 2.05) is 6.08 Å². The molecule has 0 saturated carbocycles. The predicted molar refractivity (Wildman–Crippen MR) is 128 cm³/mol. The van der Waals surface area contributed by atoms with Crippen LogP contribution in [0.3, 0.4) is 0 Å². The Bertz CT molecular complexity index is 382. The van der Waals surface area contributed by atoms with Crippen LogP contribution in [0.2, 0.25) is 0 Å². The molecule has 0 atom stereocenters. The van der Waals surface area contributed by atoms with Crippen molar-refractivity contribution in [1.29, 1.82) is 0 Å². The van der Waals surface area contributed by atoms with Crippen LogP contribution in [-0.4, -0.2) is 23.9 Å². The van der Waals surface area contributed by atoms with E-state index in [0.717, 1.165) is 19.5 Å². The molecule has 1 aliphatic rings. The zero-order chi connectivity index (χ0) is 20.8. The lowest BCUT2D eigenvalue weighted by atomic mass is 10.0. The van der Waals surface area contributed by atoms with Crippen molar-refractivity contribution in [2.24, 2.45) is 0 Å². The molecular weight excluding hydrogens is 354 g/mol. The summed E-state index contributed by atoms with van der Waals surface area (Å²) in [5.74, 6) is 0.243. The fraction of sp³-hybridized carbons (Fsp3) is 0.889. The van der Waals surface area contributed by atoms with Crippen LogP contribution < -0.4 is 0 Å². The van der Waals surface area contributed by atoms with E-state index in [4.69, 9.17) is 0 Å². The maximum atomic E-state index is 12.3. The molecule has 1 heterocycles. The van der Waals surface area contributed by atoms with Gasteiger partial charge in [-0.1, -0.05) is 122 Å². The normalized spacial score (nSPS) is 15.6. The van der Waals surface area contributed by atoms with Gasteiger partial charge < -0.3 is 4.90 Å². The Hall–Kier alpha value is -0.790. The van der Waals surface area contributed by atoms with Crippen molar-refractivity contribution in [1.82, 2.24) is 4.90 Å². The summed E-state index contributed by atoms with van der Waals surface area (Å²) in [7, 11) is 0. The lowest BCUT2D eigenvalue weighted by molar-refractivity contribution is -0.126. The number of hydrogen-bond donors (Lipinski definition) is 0. The molecule has 2 nitrogen and oxygen atoms in total. The van der Waals surface area contributed by atoms with Crippen molar-refractivity contribution in [2.45, 2.75) is 142 Å². The van der Waals surface area contributed by atoms with E-state index in [9.17, 15) is 4.79 Å². The molecule has 1 saturated heterocycles. The second-order valence-corrected chi connectivity index (χ2v) is 9.23. The molecule has 0 aromatic rings. The third-order valence-corrected chi connectivity index (χ3v) is 6.40. The molecule has 1 rings (SSSR count). The topological polar surface area (TPSA) is 20.3 Å². The fourth-order valence-electron chi connectivity index (χ4n) is 4.39. The highest BCUT2D eigenvalue weighted by atomic mass is 16.2. The molecule has 0 N–H and O–H groups in total. The van der Waals surface area contributed by atoms with Gasteiger partial charge in [0.05, 0.1) is 0 Å². The van der Waals surface area contributed by atoms with E-state index >= 15 is 0 Å². The Morgan fingerprint density at radius 1 is 0.621 bits per heavy atom. The lowest BCUT2D eigenvalue weighted by Crippen LogP contribution is -2.32. The van der Waals surface area contributed by atoms with Crippen molar-refractivity contribution in [2.75, 3.05) is 13.1 Å². The molecule has 0 aliphatic carbocycles. The van der Waals surface area contributed by atoms with Crippen LogP contribution in [0, 0.1) is 0 Å². The number of nitrogens with zero attached hydrogens (tertiary/aromatic N) is 1. The molecule has 0 radical (unpaired) electrons. The Labute approximate surface area is 182 Å². The van der Waals surface area contributed by atoms with Gasteiger partial charge in [-0.3, -0.25) is 4.79 Å². The first-order valence-corrected chi connectivity index (χ1v) is 13.3. The number of carbonyl (C=O) groups excluding carboxylic acids is 1. The molecule has 29 heavy (non-hydrogen) atoms. The standard InChI is InChI=1S/C27H51NO/c1-2-3-4-5-6-7-8-9-10-11-12-13-14-15-16-18-21-24-27(29)28-25-22-19-17-20-23-26-28/h21,24H,2-20,22-23,25-26H2,1H3/b24-21+. The Balaban J connectivity index is 1.82. The molecule has 2 heteroatoms. The van der Waals surface area contributed by atoms with Gasteiger partial charge in [0, 0.05) is 13.1 Å². The SMILES string of the molecule is CCCCCCCCCCCCCCCCC/C=C/C(=O)N1CCCCCCC1. The number of amides is 1. The summed E-state index contributed by atoms with van der Waals surface area (Å²) >= 11 is 0. The molecule has 170 valence electrons. The molecule has 0 bridgehead atoms. The van der Waals surface area contributed by atoms with Crippen LogP contribution in [0.5, 0.6) is 0 Å². The number of allylic oxidation sites excluding steroid dienone is 1. The minimum Gasteiger partial charge on any atom is -0.339 e. The molecule has 0 aromatic carbocycles. The zero-order valence-electron chi connectivity index (χ0n) is 19.8. The second kappa shape index (κ2) is 20.5. The highest BCUT2D eigenvalue weighted by Crippen LogP contribution is 2.14. The maximum Gasteiger partial charge on any atom is 0.246 e. The second-order valence-electron chi connectivity index (χ2n) is 9.23. The summed E-state index contributed by atoms with van der Waals surface area (Å²) in [6, 6.07) is 0. The maximum absolute atomic E-state index is 12.3. The first-order chi connectivity index (χ1) is 14.3. The first kappa shape index (κ1) is 26.2. The van der Waals surface area contributed by atoms with Gasteiger partial charge in [0.25, 0.3) is 0 Å². The quantitative estimate of drug-likeness (QED) is 0.175. The molecule has 0 spiro atoms. The highest BCUT2D eigenvalue weighted by Gasteiger charge is 2.11. The lowest BCUT2D eigenvalue weighted by Gasteiger charge is -2.23. The molecule has 1 amide bonds. The third kappa shape index (κ3) is 16.7. The van der Waals surface area contributed by atoms with E-state index in [1.54, 1.807) is 0 Å². The summed E-state index contributed by atoms with van der Waals surface area (Å²) in [6.07, 6.45) is 32.4. The van der Waals surface area contributed by atoms with E-state index in [2.05, 4.69) is 17.9 Å². The number of likely N-dealkylation sites (tertiary alicyclic amines) is 1.